The van der Waals surface area contributed by atoms with Crippen LogP contribution in [-0.2, 0) is 9.53 Å². The van der Waals surface area contributed by atoms with Gasteiger partial charge in [0.15, 0.2) is 0 Å². The Labute approximate surface area is 123 Å². The second-order valence-corrected chi connectivity index (χ2v) is 6.70. The lowest BCUT2D eigenvalue weighted by Gasteiger charge is -2.35. The van der Waals surface area contributed by atoms with Crippen molar-refractivity contribution in [2.45, 2.75) is 47.0 Å². The van der Waals surface area contributed by atoms with E-state index >= 15 is 0 Å². The third kappa shape index (κ3) is 4.09. The number of carbonyl (C=O) groups is 1. The van der Waals surface area contributed by atoms with Crippen molar-refractivity contribution < 1.29 is 9.53 Å². The normalized spacial score (nSPS) is 14.9. The third-order valence-corrected chi connectivity index (χ3v) is 4.51. The molecule has 0 aliphatic heterocycles. The van der Waals surface area contributed by atoms with E-state index in [4.69, 9.17) is 4.74 Å². The summed E-state index contributed by atoms with van der Waals surface area (Å²) in [6, 6.07) is 10.6. The summed E-state index contributed by atoms with van der Waals surface area (Å²) in [7, 11) is 1.46. The molecule has 2 atom stereocenters. The highest BCUT2D eigenvalue weighted by Crippen LogP contribution is 2.41. The monoisotopic (exact) mass is 276 g/mol. The van der Waals surface area contributed by atoms with E-state index in [1.807, 2.05) is 13.0 Å². The number of methoxy groups -OCH3 is 1. The smallest absolute Gasteiger partial charge is 0.308 e. The molecule has 2 nitrogen and oxygen atoms in total. The molecule has 1 rings (SSSR count). The molecule has 0 radical (unpaired) electrons. The molecule has 0 saturated carbocycles. The van der Waals surface area contributed by atoms with Gasteiger partial charge in [0.2, 0.25) is 0 Å². The number of rotatable bonds is 6. The van der Waals surface area contributed by atoms with Crippen LogP contribution in [0.1, 0.15) is 52.5 Å². The maximum Gasteiger partial charge on any atom is 0.308 e. The average molecular weight is 276 g/mol. The zero-order valence-corrected chi connectivity index (χ0v) is 13.6. The molecule has 1 aromatic rings. The fourth-order valence-corrected chi connectivity index (χ4v) is 2.68. The number of ether oxygens (including phenoxy) is 1. The van der Waals surface area contributed by atoms with Crippen LogP contribution in [0, 0.1) is 17.3 Å². The molecule has 1 aromatic carbocycles. The molecule has 0 amide bonds. The van der Waals surface area contributed by atoms with Crippen molar-refractivity contribution in [3.63, 3.8) is 0 Å². The molecule has 0 bridgehead atoms. The van der Waals surface area contributed by atoms with Crippen LogP contribution in [0.5, 0.6) is 0 Å². The maximum absolute atomic E-state index is 11.8. The van der Waals surface area contributed by atoms with Gasteiger partial charge in [-0.15, -0.1) is 0 Å². The zero-order valence-electron chi connectivity index (χ0n) is 13.6. The largest absolute Gasteiger partial charge is 0.469 e. The van der Waals surface area contributed by atoms with Gasteiger partial charge in [-0.2, -0.15) is 0 Å². The number of esters is 1. The highest BCUT2D eigenvalue weighted by Gasteiger charge is 2.35. The van der Waals surface area contributed by atoms with Gasteiger partial charge in [0.05, 0.1) is 13.0 Å². The van der Waals surface area contributed by atoms with E-state index in [0.717, 1.165) is 6.42 Å². The summed E-state index contributed by atoms with van der Waals surface area (Å²) < 4.78 is 4.91. The predicted molar refractivity (Wildman–Crippen MR) is 83.6 cm³/mol. The first-order chi connectivity index (χ1) is 9.29. The van der Waals surface area contributed by atoms with Gasteiger partial charge < -0.3 is 4.74 Å². The molecule has 0 heterocycles. The second kappa shape index (κ2) is 6.92. The van der Waals surface area contributed by atoms with Crippen molar-refractivity contribution in [1.82, 2.24) is 0 Å². The van der Waals surface area contributed by atoms with Crippen LogP contribution in [-0.4, -0.2) is 13.1 Å². The van der Waals surface area contributed by atoms with Crippen molar-refractivity contribution in [1.29, 1.82) is 0 Å². The number of benzene rings is 1. The summed E-state index contributed by atoms with van der Waals surface area (Å²) in [6.45, 7) is 10.8. The Kier molecular flexibility index (Phi) is 5.79. The standard InChI is InChI=1S/C18H28O2/c1-13(2)16(15-10-8-7-9-11-15)12-18(4,5)14(3)17(19)20-6/h7-11,13-14,16H,12H2,1-6H3. The maximum atomic E-state index is 11.8. The number of hydrogen-bond acceptors (Lipinski definition) is 2. The zero-order chi connectivity index (χ0) is 15.3. The lowest BCUT2D eigenvalue weighted by molar-refractivity contribution is -0.149. The molecule has 0 spiro atoms. The Morgan fingerprint density at radius 1 is 1.15 bits per heavy atom. The van der Waals surface area contributed by atoms with E-state index in [2.05, 4.69) is 52.0 Å². The van der Waals surface area contributed by atoms with Crippen LogP contribution in [0.3, 0.4) is 0 Å². The van der Waals surface area contributed by atoms with E-state index in [9.17, 15) is 4.79 Å². The molecule has 2 heteroatoms. The summed E-state index contributed by atoms with van der Waals surface area (Å²) in [4.78, 5) is 11.8. The topological polar surface area (TPSA) is 26.3 Å². The van der Waals surface area contributed by atoms with Gasteiger partial charge in [0, 0.05) is 0 Å². The van der Waals surface area contributed by atoms with Crippen molar-refractivity contribution in [3.05, 3.63) is 35.9 Å². The van der Waals surface area contributed by atoms with E-state index in [0.29, 0.717) is 11.8 Å². The molecule has 0 aliphatic carbocycles. The van der Waals surface area contributed by atoms with Gasteiger partial charge in [0.25, 0.3) is 0 Å². The minimum Gasteiger partial charge on any atom is -0.469 e. The minimum atomic E-state index is -0.120. The predicted octanol–water partition coefficient (Wildman–Crippen LogP) is 4.65. The summed E-state index contributed by atoms with van der Waals surface area (Å²) in [6.07, 6.45) is 0.977. The van der Waals surface area contributed by atoms with Crippen molar-refractivity contribution in [2.75, 3.05) is 7.11 Å². The molecule has 0 saturated heterocycles. The Hall–Kier alpha value is -1.31. The molecule has 2 unspecified atom stereocenters. The molecular weight excluding hydrogens is 248 g/mol. The van der Waals surface area contributed by atoms with E-state index in [-0.39, 0.29) is 17.3 Å². The molecule has 0 N–H and O–H groups in total. The van der Waals surface area contributed by atoms with Gasteiger partial charge in [-0.05, 0) is 29.2 Å². The first-order valence-corrected chi connectivity index (χ1v) is 7.42. The van der Waals surface area contributed by atoms with Crippen LogP contribution in [0.25, 0.3) is 0 Å². The van der Waals surface area contributed by atoms with Gasteiger partial charge in [-0.3, -0.25) is 4.79 Å². The summed E-state index contributed by atoms with van der Waals surface area (Å²) in [5.74, 6) is 0.780. The third-order valence-electron chi connectivity index (χ3n) is 4.51. The Morgan fingerprint density at radius 2 is 1.70 bits per heavy atom. The quantitative estimate of drug-likeness (QED) is 0.707. The summed E-state index contributed by atoms with van der Waals surface area (Å²) in [5, 5.41) is 0. The van der Waals surface area contributed by atoms with Crippen LogP contribution in [0.15, 0.2) is 30.3 Å². The van der Waals surface area contributed by atoms with Crippen LogP contribution in [0.2, 0.25) is 0 Å². The number of carbonyl (C=O) groups excluding carboxylic acids is 1. The molecule has 0 aliphatic rings. The van der Waals surface area contributed by atoms with E-state index in [1.165, 1.54) is 12.7 Å². The minimum absolute atomic E-state index is 0.0854. The van der Waals surface area contributed by atoms with E-state index in [1.54, 1.807) is 0 Å². The summed E-state index contributed by atoms with van der Waals surface area (Å²) in [5.41, 5.74) is 1.27. The highest BCUT2D eigenvalue weighted by atomic mass is 16.5. The molecule has 0 fully saturated rings. The molecule has 112 valence electrons. The Bertz CT molecular complexity index is 420. The van der Waals surface area contributed by atoms with Crippen LogP contribution in [0.4, 0.5) is 0 Å². The van der Waals surface area contributed by atoms with Gasteiger partial charge in [0.1, 0.15) is 0 Å². The van der Waals surface area contributed by atoms with Crippen molar-refractivity contribution >= 4 is 5.97 Å². The van der Waals surface area contributed by atoms with Crippen molar-refractivity contribution in [2.24, 2.45) is 17.3 Å². The van der Waals surface area contributed by atoms with Crippen molar-refractivity contribution in [3.8, 4) is 0 Å². The lowest BCUT2D eigenvalue weighted by Crippen LogP contribution is -2.32. The highest BCUT2D eigenvalue weighted by molar-refractivity contribution is 5.72. The van der Waals surface area contributed by atoms with Gasteiger partial charge >= 0.3 is 5.97 Å². The lowest BCUT2D eigenvalue weighted by atomic mass is 9.69. The Balaban J connectivity index is 2.93. The number of hydrogen-bond donors (Lipinski definition) is 0. The van der Waals surface area contributed by atoms with Gasteiger partial charge in [-0.25, -0.2) is 0 Å². The second-order valence-electron chi connectivity index (χ2n) is 6.70. The van der Waals surface area contributed by atoms with Gasteiger partial charge in [-0.1, -0.05) is 65.0 Å². The van der Waals surface area contributed by atoms with Crippen LogP contribution < -0.4 is 0 Å². The summed E-state index contributed by atoms with van der Waals surface area (Å²) >= 11 is 0. The Morgan fingerprint density at radius 3 is 2.15 bits per heavy atom. The SMILES string of the molecule is COC(=O)C(C)C(C)(C)CC(c1ccccc1)C(C)C. The van der Waals surface area contributed by atoms with Crippen LogP contribution >= 0.6 is 0 Å². The molecule has 0 aromatic heterocycles. The van der Waals surface area contributed by atoms with E-state index < -0.39 is 0 Å². The average Bonchev–Trinajstić information content (AvgIpc) is 2.43. The molecule has 20 heavy (non-hydrogen) atoms. The fraction of sp³-hybridized carbons (Fsp3) is 0.611. The first-order valence-electron chi connectivity index (χ1n) is 7.42. The first kappa shape index (κ1) is 16.7. The molecular formula is C18H28O2. The fourth-order valence-electron chi connectivity index (χ4n) is 2.68.